The summed E-state index contributed by atoms with van der Waals surface area (Å²) in [6.07, 6.45) is 3.31. The molecule has 1 aromatic rings. The van der Waals surface area contributed by atoms with Crippen molar-refractivity contribution in [1.82, 2.24) is 10.6 Å². The fourth-order valence-corrected chi connectivity index (χ4v) is 1.29. The Morgan fingerprint density at radius 2 is 1.76 bits per heavy atom. The smallest absolute Gasteiger partial charge is 0.236 e. The number of rotatable bonds is 7. The quantitative estimate of drug-likeness (QED) is 0.217. The monoisotopic (exact) mass is 594 g/mol. The van der Waals surface area contributed by atoms with Crippen LogP contribution in [0.1, 0.15) is 39.7 Å². The van der Waals surface area contributed by atoms with Crippen molar-refractivity contribution in [3.63, 3.8) is 0 Å². The number of hydrogen-bond acceptors (Lipinski definition) is 4. The molecular weight excluding hydrogens is 565 g/mol. The van der Waals surface area contributed by atoms with Crippen LogP contribution >= 0.6 is 0 Å². The maximum Gasteiger partial charge on any atom is 0.236 e. The summed E-state index contributed by atoms with van der Waals surface area (Å²) in [6.45, 7) is 8.48. The number of carbonyl (C=O) groups excluding carboxylic acids is 3. The van der Waals surface area contributed by atoms with Gasteiger partial charge in [0.05, 0.1) is 6.54 Å². The second-order valence-electron chi connectivity index (χ2n) is 5.05. The van der Waals surface area contributed by atoms with Gasteiger partial charge in [-0.15, -0.1) is 0 Å². The van der Waals surface area contributed by atoms with Crippen molar-refractivity contribution >= 4 is 24.4 Å². The van der Waals surface area contributed by atoms with Gasteiger partial charge in [-0.2, -0.15) is 6.41 Å². The van der Waals surface area contributed by atoms with E-state index in [2.05, 4.69) is 29.8 Å². The van der Waals surface area contributed by atoms with Crippen LogP contribution in [0, 0.1) is 0 Å². The first kappa shape index (κ1) is 26.5. The van der Waals surface area contributed by atoms with E-state index in [-0.39, 0.29) is 18.5 Å². The van der Waals surface area contributed by atoms with E-state index in [1.54, 1.807) is 0 Å². The molecule has 0 aliphatic rings. The van der Waals surface area contributed by atoms with Crippen molar-refractivity contribution < 1.29 is 14.4 Å². The van der Waals surface area contributed by atoms with Crippen LogP contribution in [0.25, 0.3) is 0 Å². The molecule has 7 nitrogen and oxygen atoms in total. The van der Waals surface area contributed by atoms with E-state index in [4.69, 9.17) is 5.73 Å². The molecule has 0 atom stereocenters. The number of carbonyl (C=O) groups is 2. The Bertz CT molecular complexity index is 454. The first-order valence-corrected chi connectivity index (χ1v) is 7.83. The van der Waals surface area contributed by atoms with E-state index in [1.165, 1.54) is 12.8 Å². The Hall–Kier alpha value is -3.41. The average Bonchev–Trinajstić information content (AvgIpc) is 2.55. The molecule has 5 N–H and O–H groups in total. The van der Waals surface area contributed by atoms with E-state index in [9.17, 15) is 14.4 Å². The molecule has 0 bridgehead atoms. The van der Waals surface area contributed by atoms with Gasteiger partial charge in [0, 0.05) is 18.3 Å². The molecule has 0 unspecified atom stereocenters. The molecule has 0 spiro atoms. The number of nitrogens with one attached hydrogen (secondary N) is 3. The van der Waals surface area contributed by atoms with Crippen LogP contribution in [0.15, 0.2) is 24.3 Å². The predicted octanol–water partition coefficient (Wildman–Crippen LogP) is 1.30. The van der Waals surface area contributed by atoms with E-state index in [0.29, 0.717) is 13.0 Å². The molecule has 0 radical (unpaired) electrons. The minimum Gasteiger partial charge on any atom is -0.522 e. The van der Waals surface area contributed by atoms with Crippen LogP contribution in [0.4, 0.5) is 5.69 Å². The van der Waals surface area contributed by atoms with Crippen LogP contribution in [0.3, 0.4) is 0 Å². The zero-order valence-electron chi connectivity index (χ0n) is 15.2. The minimum absolute atomic E-state index is 0. The number of benzene rings is 1. The standard InChI is InChI=1S/C8H10N2O.C6H11N2O2.C3H8.Fm/c9-5-7-1-3-8(4-2-7)10-6-11;1-5(2)8-6(10)3-7-4-9;1-3-2;/h1-4,6H,5,9H2,(H,10,11);5H,3H2,1-2H3,(H,7,9)(H,8,10);3H2,1-2H3;/q;-1;;. The Labute approximate surface area is 144 Å². The Morgan fingerprint density at radius 3 is 2.12 bits per heavy atom. The Kier molecular flexibility index (Phi) is 19.7. The summed E-state index contributed by atoms with van der Waals surface area (Å²) in [5, 5.41) is 7.27. The molecule has 0 aliphatic heterocycles. The van der Waals surface area contributed by atoms with Crippen molar-refractivity contribution in [2.24, 2.45) is 5.73 Å². The molecule has 0 aliphatic carbocycles. The van der Waals surface area contributed by atoms with Crippen LogP contribution in [-0.4, -0.2) is 31.3 Å². The van der Waals surface area contributed by atoms with E-state index < -0.39 is 0 Å². The summed E-state index contributed by atoms with van der Waals surface area (Å²) in [6, 6.07) is 7.51. The average molecular weight is 594 g/mol. The summed E-state index contributed by atoms with van der Waals surface area (Å²) >= 11 is 0. The number of amides is 3. The molecule has 1 aromatic carbocycles. The first-order valence-electron chi connectivity index (χ1n) is 7.83. The zero-order chi connectivity index (χ0) is 18.8. The van der Waals surface area contributed by atoms with Gasteiger partial charge in [0.1, 0.15) is 0 Å². The van der Waals surface area contributed by atoms with Crippen LogP contribution < -0.4 is 21.7 Å². The van der Waals surface area contributed by atoms with Crippen molar-refractivity contribution in [2.75, 3.05) is 11.9 Å². The van der Waals surface area contributed by atoms with Gasteiger partial charge in [-0.1, -0.05) is 32.4 Å². The Morgan fingerprint density at radius 1 is 1.24 bits per heavy atom. The molecule has 0 heterocycles. The summed E-state index contributed by atoms with van der Waals surface area (Å²) in [7, 11) is 0. The van der Waals surface area contributed by atoms with Gasteiger partial charge in [0.15, 0.2) is 0 Å². The molecular formula is C17H29FmN4O3-. The van der Waals surface area contributed by atoms with Crippen LogP contribution in [-0.2, 0) is 20.9 Å². The maximum atomic E-state index is 10.7. The van der Waals surface area contributed by atoms with Gasteiger partial charge in [0.2, 0.25) is 12.3 Å². The molecule has 0 saturated heterocycles. The number of hydrogen-bond donors (Lipinski definition) is 4. The molecule has 8 heteroatoms. The largest absolute Gasteiger partial charge is 0.522 e. The van der Waals surface area contributed by atoms with Gasteiger partial charge in [-0.3, -0.25) is 9.59 Å². The van der Waals surface area contributed by atoms with Crippen molar-refractivity contribution in [3.05, 3.63) is 29.8 Å². The number of nitrogens with two attached hydrogens (primary N) is 1. The second kappa shape index (κ2) is 18.6. The van der Waals surface area contributed by atoms with Gasteiger partial charge < -0.3 is 26.5 Å². The molecule has 0 aromatic heterocycles. The van der Waals surface area contributed by atoms with Crippen molar-refractivity contribution in [2.45, 2.75) is 46.7 Å². The molecule has 25 heavy (non-hydrogen) atoms. The van der Waals surface area contributed by atoms with E-state index >= 15 is 0 Å². The van der Waals surface area contributed by atoms with Gasteiger partial charge >= 0.3 is 0 Å². The molecule has 148 valence electrons. The second-order valence-corrected chi connectivity index (χ2v) is 5.05. The fourth-order valence-electron chi connectivity index (χ4n) is 1.29. The zero-order valence-corrected chi connectivity index (χ0v) is 17.6. The predicted molar refractivity (Wildman–Crippen MR) is 97.0 cm³/mol. The molecule has 0 fully saturated rings. The normalized spacial score (nSPS) is 8.40. The van der Waals surface area contributed by atoms with E-state index in [1.807, 2.05) is 38.1 Å². The van der Waals surface area contributed by atoms with Gasteiger partial charge in [-0.25, -0.2) is 0 Å². The summed E-state index contributed by atoms with van der Waals surface area (Å²) < 4.78 is 0. The minimum atomic E-state index is -0.196. The summed E-state index contributed by atoms with van der Waals surface area (Å²) in [5.41, 5.74) is 7.23. The third-order valence-corrected chi connectivity index (χ3v) is 2.19. The van der Waals surface area contributed by atoms with Gasteiger partial charge in [0.25, 0.3) is 0 Å². The van der Waals surface area contributed by atoms with Gasteiger partial charge in [-0.05, 0) is 31.5 Å². The maximum absolute atomic E-state index is 10.7. The topological polar surface area (TPSA) is 113 Å². The first-order chi connectivity index (χ1) is 11.4. The molecule has 0 saturated carbocycles. The molecule has 3 amide bonds. The van der Waals surface area contributed by atoms with Crippen LogP contribution in [0.2, 0.25) is 0 Å². The number of anilines is 1. The van der Waals surface area contributed by atoms with E-state index in [0.717, 1.165) is 11.3 Å². The summed E-state index contributed by atoms with van der Waals surface area (Å²) in [5.74, 6) is -0.196. The Balaban J connectivity index is -0.000000325. The molecule has 1 rings (SSSR count). The third kappa shape index (κ3) is 18.5. The van der Waals surface area contributed by atoms with Crippen molar-refractivity contribution in [1.29, 1.82) is 0 Å². The third-order valence-electron chi connectivity index (χ3n) is 2.19. The SMILES string of the molecule is CC(C)NC(=O)CN[C-]=O.CCC.NCc1ccc(NC=O)cc1.[Fm]. The fraction of sp³-hybridized carbons (Fsp3) is 0.471. The van der Waals surface area contributed by atoms with Crippen molar-refractivity contribution in [3.8, 4) is 0 Å². The van der Waals surface area contributed by atoms with Crippen LogP contribution in [0.5, 0.6) is 0 Å². The summed E-state index contributed by atoms with van der Waals surface area (Å²) in [4.78, 5) is 30.2.